The monoisotopic (exact) mass is 237 g/mol. The van der Waals surface area contributed by atoms with Crippen LogP contribution in [0.3, 0.4) is 0 Å². The molecule has 1 nitrogen and oxygen atoms in total. The van der Waals surface area contributed by atoms with Crippen LogP contribution in [0.25, 0.3) is 0 Å². The summed E-state index contributed by atoms with van der Waals surface area (Å²) < 4.78 is 0. The molecule has 0 heterocycles. The summed E-state index contributed by atoms with van der Waals surface area (Å²) in [7, 11) is 0. The molecule has 0 radical (unpaired) electrons. The zero-order valence-corrected chi connectivity index (χ0v) is 11.4. The van der Waals surface area contributed by atoms with Crippen molar-refractivity contribution in [2.45, 2.75) is 43.8 Å². The summed E-state index contributed by atoms with van der Waals surface area (Å²) in [6.07, 6.45) is 2.55. The molecule has 0 aliphatic heterocycles. The van der Waals surface area contributed by atoms with Gasteiger partial charge in [0.05, 0.1) is 0 Å². The Kier molecular flexibility index (Phi) is 6.58. The van der Waals surface area contributed by atoms with E-state index in [0.29, 0.717) is 5.25 Å². The van der Waals surface area contributed by atoms with Crippen LogP contribution in [0.15, 0.2) is 29.2 Å². The lowest BCUT2D eigenvalue weighted by Gasteiger charge is -2.13. The first-order chi connectivity index (χ1) is 7.74. The molecule has 0 saturated carbocycles. The molecule has 90 valence electrons. The van der Waals surface area contributed by atoms with Crippen LogP contribution in [-0.2, 0) is 0 Å². The fraction of sp³-hybridized carbons (Fsp3) is 0.571. The van der Waals surface area contributed by atoms with Gasteiger partial charge in [0.2, 0.25) is 0 Å². The van der Waals surface area contributed by atoms with E-state index in [9.17, 15) is 0 Å². The van der Waals surface area contributed by atoms with E-state index in [1.54, 1.807) is 0 Å². The van der Waals surface area contributed by atoms with Gasteiger partial charge in [0.1, 0.15) is 0 Å². The van der Waals surface area contributed by atoms with Crippen molar-refractivity contribution in [3.63, 3.8) is 0 Å². The highest BCUT2D eigenvalue weighted by atomic mass is 32.2. The summed E-state index contributed by atoms with van der Waals surface area (Å²) in [5.74, 6) is 0. The maximum atomic E-state index is 3.50. The number of thioether (sulfide) groups is 1. The van der Waals surface area contributed by atoms with Gasteiger partial charge in [-0.15, -0.1) is 11.8 Å². The van der Waals surface area contributed by atoms with Crippen LogP contribution in [-0.4, -0.2) is 18.3 Å². The second-order valence-corrected chi connectivity index (χ2v) is 5.73. The standard InChI is InChI=1S/C14H23NS/c1-4-5-10-15-11-13(3)16-14-9-7-6-8-12(14)2/h6-9,13,15H,4-5,10-11H2,1-3H3. The average Bonchev–Trinajstić information content (AvgIpc) is 2.28. The van der Waals surface area contributed by atoms with E-state index in [-0.39, 0.29) is 0 Å². The first-order valence-electron chi connectivity index (χ1n) is 6.17. The zero-order chi connectivity index (χ0) is 11.8. The third-order valence-electron chi connectivity index (χ3n) is 2.56. The minimum atomic E-state index is 0.637. The minimum absolute atomic E-state index is 0.637. The van der Waals surface area contributed by atoms with E-state index < -0.39 is 0 Å². The molecule has 1 unspecified atom stereocenters. The van der Waals surface area contributed by atoms with Crippen molar-refractivity contribution in [1.29, 1.82) is 0 Å². The Morgan fingerprint density at radius 2 is 2.06 bits per heavy atom. The molecular weight excluding hydrogens is 214 g/mol. The number of hydrogen-bond donors (Lipinski definition) is 1. The molecule has 1 aromatic rings. The van der Waals surface area contributed by atoms with Gasteiger partial charge in [-0.3, -0.25) is 0 Å². The smallest absolute Gasteiger partial charge is 0.0191 e. The fourth-order valence-corrected chi connectivity index (χ4v) is 2.60. The van der Waals surface area contributed by atoms with Crippen LogP contribution >= 0.6 is 11.8 Å². The van der Waals surface area contributed by atoms with Crippen molar-refractivity contribution in [1.82, 2.24) is 5.32 Å². The minimum Gasteiger partial charge on any atom is -0.316 e. The lowest BCUT2D eigenvalue weighted by molar-refractivity contribution is 0.638. The van der Waals surface area contributed by atoms with Gasteiger partial charge in [-0.2, -0.15) is 0 Å². The largest absolute Gasteiger partial charge is 0.316 e. The molecule has 0 saturated heterocycles. The fourth-order valence-electron chi connectivity index (χ4n) is 1.55. The predicted octanol–water partition coefficient (Wildman–Crippen LogP) is 3.87. The molecule has 2 heteroatoms. The molecule has 0 fully saturated rings. The Labute approximate surface area is 104 Å². The summed E-state index contributed by atoms with van der Waals surface area (Å²) >= 11 is 1.97. The van der Waals surface area contributed by atoms with Gasteiger partial charge in [0, 0.05) is 16.7 Å². The first kappa shape index (κ1) is 13.6. The van der Waals surface area contributed by atoms with Gasteiger partial charge >= 0.3 is 0 Å². The van der Waals surface area contributed by atoms with Gasteiger partial charge in [0.15, 0.2) is 0 Å². The Hall–Kier alpha value is -0.470. The second kappa shape index (κ2) is 7.75. The molecule has 0 amide bonds. The maximum Gasteiger partial charge on any atom is 0.0191 e. The summed E-state index contributed by atoms with van der Waals surface area (Å²) in [4.78, 5) is 1.41. The van der Waals surface area contributed by atoms with Crippen molar-refractivity contribution < 1.29 is 0 Å². The van der Waals surface area contributed by atoms with Crippen molar-refractivity contribution in [3.05, 3.63) is 29.8 Å². The van der Waals surface area contributed by atoms with Gasteiger partial charge in [-0.25, -0.2) is 0 Å². The van der Waals surface area contributed by atoms with E-state index >= 15 is 0 Å². The van der Waals surface area contributed by atoms with Crippen molar-refractivity contribution >= 4 is 11.8 Å². The van der Waals surface area contributed by atoms with E-state index in [1.165, 1.54) is 23.3 Å². The first-order valence-corrected chi connectivity index (χ1v) is 7.05. The van der Waals surface area contributed by atoms with Crippen LogP contribution in [0.2, 0.25) is 0 Å². The molecule has 1 N–H and O–H groups in total. The van der Waals surface area contributed by atoms with E-state index in [4.69, 9.17) is 0 Å². The summed E-state index contributed by atoms with van der Waals surface area (Å²) in [5, 5.41) is 4.14. The highest BCUT2D eigenvalue weighted by Crippen LogP contribution is 2.25. The zero-order valence-electron chi connectivity index (χ0n) is 10.6. The SMILES string of the molecule is CCCCNCC(C)Sc1ccccc1C. The van der Waals surface area contributed by atoms with E-state index in [2.05, 4.69) is 50.4 Å². The molecule has 16 heavy (non-hydrogen) atoms. The number of hydrogen-bond acceptors (Lipinski definition) is 2. The quantitative estimate of drug-likeness (QED) is 0.571. The van der Waals surface area contributed by atoms with E-state index in [1.807, 2.05) is 11.8 Å². The summed E-state index contributed by atoms with van der Waals surface area (Å²) in [6, 6.07) is 8.61. The normalized spacial score (nSPS) is 12.7. The third kappa shape index (κ3) is 5.04. The van der Waals surface area contributed by atoms with Crippen LogP contribution in [0.5, 0.6) is 0 Å². The molecule has 0 aliphatic rings. The molecule has 0 aliphatic carbocycles. The van der Waals surface area contributed by atoms with Crippen LogP contribution < -0.4 is 5.32 Å². The highest BCUT2D eigenvalue weighted by molar-refractivity contribution is 8.00. The molecular formula is C14H23NS. The van der Waals surface area contributed by atoms with Crippen LogP contribution in [0, 0.1) is 6.92 Å². The number of benzene rings is 1. The predicted molar refractivity (Wildman–Crippen MR) is 74.3 cm³/mol. The van der Waals surface area contributed by atoms with Crippen LogP contribution in [0.4, 0.5) is 0 Å². The number of aryl methyl sites for hydroxylation is 1. The Morgan fingerprint density at radius 3 is 2.75 bits per heavy atom. The lowest BCUT2D eigenvalue weighted by Crippen LogP contribution is -2.23. The Morgan fingerprint density at radius 1 is 1.31 bits per heavy atom. The Bertz CT molecular complexity index is 299. The highest BCUT2D eigenvalue weighted by Gasteiger charge is 2.05. The van der Waals surface area contributed by atoms with Crippen molar-refractivity contribution in [2.24, 2.45) is 0 Å². The molecule has 0 aromatic heterocycles. The topological polar surface area (TPSA) is 12.0 Å². The van der Waals surface area contributed by atoms with Crippen LogP contribution in [0.1, 0.15) is 32.3 Å². The van der Waals surface area contributed by atoms with E-state index in [0.717, 1.165) is 13.1 Å². The average molecular weight is 237 g/mol. The molecule has 1 rings (SSSR count). The molecule has 1 atom stereocenters. The maximum absolute atomic E-state index is 3.50. The van der Waals surface area contributed by atoms with Gasteiger partial charge in [-0.05, 0) is 31.5 Å². The molecule has 0 bridgehead atoms. The van der Waals surface area contributed by atoms with Gasteiger partial charge < -0.3 is 5.32 Å². The molecule has 1 aromatic carbocycles. The van der Waals surface area contributed by atoms with Gasteiger partial charge in [-0.1, -0.05) is 38.5 Å². The second-order valence-electron chi connectivity index (χ2n) is 4.25. The van der Waals surface area contributed by atoms with Gasteiger partial charge in [0.25, 0.3) is 0 Å². The number of unbranched alkanes of at least 4 members (excludes halogenated alkanes) is 1. The number of nitrogens with one attached hydrogen (secondary N) is 1. The molecule has 0 spiro atoms. The third-order valence-corrected chi connectivity index (χ3v) is 3.84. The van der Waals surface area contributed by atoms with Crippen molar-refractivity contribution in [3.8, 4) is 0 Å². The lowest BCUT2D eigenvalue weighted by atomic mass is 10.2. The summed E-state index contributed by atoms with van der Waals surface area (Å²) in [6.45, 7) is 8.94. The number of rotatable bonds is 7. The Balaban J connectivity index is 2.28. The summed E-state index contributed by atoms with van der Waals surface area (Å²) in [5.41, 5.74) is 1.38. The van der Waals surface area contributed by atoms with Crippen molar-refractivity contribution in [2.75, 3.05) is 13.1 Å².